The van der Waals surface area contributed by atoms with Crippen molar-refractivity contribution in [2.75, 3.05) is 6.61 Å². The summed E-state index contributed by atoms with van der Waals surface area (Å²) in [5.74, 6) is 0.503. The molecule has 25 heavy (non-hydrogen) atoms. The number of fused-ring (bicyclic) bond motifs is 1. The van der Waals surface area contributed by atoms with E-state index in [9.17, 15) is 4.79 Å². The van der Waals surface area contributed by atoms with E-state index in [0.29, 0.717) is 28.5 Å². The number of rotatable bonds is 5. The van der Waals surface area contributed by atoms with Crippen LogP contribution in [0.3, 0.4) is 0 Å². The van der Waals surface area contributed by atoms with Gasteiger partial charge in [-0.1, -0.05) is 29.0 Å². The van der Waals surface area contributed by atoms with E-state index >= 15 is 0 Å². The molecule has 3 aromatic rings. The number of benzene rings is 2. The minimum Gasteiger partial charge on any atom is -0.494 e. The molecule has 2 aromatic carbocycles. The monoisotopic (exact) mass is 372 g/mol. The molecule has 0 aliphatic heterocycles. The van der Waals surface area contributed by atoms with E-state index < -0.39 is 0 Å². The largest absolute Gasteiger partial charge is 0.494 e. The zero-order chi connectivity index (χ0) is 17.8. The number of ether oxygens (including phenoxy) is 1. The van der Waals surface area contributed by atoms with Crippen molar-refractivity contribution in [3.8, 4) is 5.75 Å². The molecule has 4 nitrogen and oxygen atoms in total. The van der Waals surface area contributed by atoms with Gasteiger partial charge in [-0.05, 0) is 49.4 Å². The van der Waals surface area contributed by atoms with Gasteiger partial charge in [-0.2, -0.15) is 4.99 Å². The van der Waals surface area contributed by atoms with E-state index in [-0.39, 0.29) is 5.91 Å². The Morgan fingerprint density at radius 1 is 1.32 bits per heavy atom. The summed E-state index contributed by atoms with van der Waals surface area (Å²) in [5, 5.41) is 0.587. The minimum absolute atomic E-state index is 0.300. The van der Waals surface area contributed by atoms with Crippen LogP contribution in [0.5, 0.6) is 5.75 Å². The van der Waals surface area contributed by atoms with Crippen molar-refractivity contribution in [1.82, 2.24) is 4.57 Å². The first kappa shape index (κ1) is 17.5. The van der Waals surface area contributed by atoms with Gasteiger partial charge in [0.25, 0.3) is 5.91 Å². The maximum atomic E-state index is 12.5. The van der Waals surface area contributed by atoms with Crippen molar-refractivity contribution >= 4 is 39.1 Å². The molecule has 1 amide bonds. The molecule has 0 bridgehead atoms. The fraction of sp³-hybridized carbons (Fsp3) is 0.158. The molecular weight excluding hydrogens is 356 g/mol. The van der Waals surface area contributed by atoms with Crippen LogP contribution in [0, 0.1) is 0 Å². The summed E-state index contributed by atoms with van der Waals surface area (Å²) in [7, 11) is 0. The molecule has 0 fully saturated rings. The summed E-state index contributed by atoms with van der Waals surface area (Å²) in [6.45, 7) is 6.92. The number of halogens is 1. The number of carbonyl (C=O) groups is 1. The van der Waals surface area contributed by atoms with Crippen molar-refractivity contribution < 1.29 is 9.53 Å². The maximum absolute atomic E-state index is 12.5. The standard InChI is InChI=1S/C19H17ClN2O2S/c1-3-11-22-16-10-9-15(24-4-2)12-17(16)25-19(22)21-18(23)13-5-7-14(20)8-6-13/h3,5-10,12H,1,4,11H2,2H3. The normalized spacial score (nSPS) is 11.7. The van der Waals surface area contributed by atoms with Crippen molar-refractivity contribution in [3.05, 3.63) is 70.5 Å². The third-order valence-corrected chi connectivity index (χ3v) is 4.86. The second-order valence-corrected chi connectivity index (χ2v) is 6.72. The number of amides is 1. The molecule has 0 spiro atoms. The van der Waals surface area contributed by atoms with E-state index in [1.807, 2.05) is 29.7 Å². The number of hydrogen-bond acceptors (Lipinski definition) is 3. The predicted molar refractivity (Wildman–Crippen MR) is 103 cm³/mol. The van der Waals surface area contributed by atoms with E-state index in [1.165, 1.54) is 11.3 Å². The fourth-order valence-corrected chi connectivity index (χ4v) is 3.64. The molecule has 0 saturated carbocycles. The summed E-state index contributed by atoms with van der Waals surface area (Å²) in [6, 6.07) is 12.6. The number of thiazole rings is 1. The van der Waals surface area contributed by atoms with Crippen LogP contribution in [0.2, 0.25) is 5.02 Å². The van der Waals surface area contributed by atoms with Gasteiger partial charge in [-0.25, -0.2) is 0 Å². The minimum atomic E-state index is -0.300. The van der Waals surface area contributed by atoms with Crippen LogP contribution >= 0.6 is 22.9 Å². The second-order valence-electron chi connectivity index (χ2n) is 5.27. The molecule has 0 aliphatic carbocycles. The first-order valence-electron chi connectivity index (χ1n) is 7.84. The Morgan fingerprint density at radius 3 is 2.76 bits per heavy atom. The third kappa shape index (κ3) is 3.83. The van der Waals surface area contributed by atoms with Crippen LogP contribution < -0.4 is 9.54 Å². The van der Waals surface area contributed by atoms with Gasteiger partial charge < -0.3 is 9.30 Å². The Morgan fingerprint density at radius 2 is 2.08 bits per heavy atom. The number of nitrogens with zero attached hydrogens (tertiary/aromatic N) is 2. The maximum Gasteiger partial charge on any atom is 0.279 e. The topological polar surface area (TPSA) is 43.6 Å². The zero-order valence-electron chi connectivity index (χ0n) is 13.7. The van der Waals surface area contributed by atoms with Crippen LogP contribution in [-0.4, -0.2) is 17.1 Å². The van der Waals surface area contributed by atoms with E-state index in [2.05, 4.69) is 11.6 Å². The average molecular weight is 373 g/mol. The molecule has 1 heterocycles. The van der Waals surface area contributed by atoms with Crippen molar-refractivity contribution in [2.45, 2.75) is 13.5 Å². The number of carbonyl (C=O) groups excluding carboxylic acids is 1. The molecule has 0 atom stereocenters. The quantitative estimate of drug-likeness (QED) is 0.610. The summed E-state index contributed by atoms with van der Waals surface area (Å²) in [6.07, 6.45) is 1.79. The number of allylic oxidation sites excluding steroid dienone is 1. The Hall–Kier alpha value is -2.37. The number of hydrogen-bond donors (Lipinski definition) is 0. The highest BCUT2D eigenvalue weighted by Gasteiger charge is 2.09. The van der Waals surface area contributed by atoms with Crippen molar-refractivity contribution in [3.63, 3.8) is 0 Å². The van der Waals surface area contributed by atoms with Crippen LogP contribution in [0.1, 0.15) is 17.3 Å². The van der Waals surface area contributed by atoms with E-state index in [4.69, 9.17) is 16.3 Å². The van der Waals surface area contributed by atoms with Crippen molar-refractivity contribution in [2.24, 2.45) is 4.99 Å². The van der Waals surface area contributed by atoms with Gasteiger partial charge in [0.2, 0.25) is 0 Å². The van der Waals surface area contributed by atoms with Gasteiger partial charge in [0.05, 0.1) is 16.8 Å². The molecule has 0 aliphatic rings. The zero-order valence-corrected chi connectivity index (χ0v) is 15.3. The Kier molecular flexibility index (Phi) is 5.36. The average Bonchev–Trinajstić information content (AvgIpc) is 2.93. The lowest BCUT2D eigenvalue weighted by molar-refractivity contribution is 0.0998. The van der Waals surface area contributed by atoms with Gasteiger partial charge >= 0.3 is 0 Å². The Labute approximate surface area is 154 Å². The highest BCUT2D eigenvalue weighted by Crippen LogP contribution is 2.23. The first-order chi connectivity index (χ1) is 12.1. The highest BCUT2D eigenvalue weighted by molar-refractivity contribution is 7.16. The van der Waals surface area contributed by atoms with Crippen LogP contribution in [0.25, 0.3) is 10.2 Å². The Balaban J connectivity index is 2.09. The molecular formula is C19H17ClN2O2S. The second kappa shape index (κ2) is 7.68. The summed E-state index contributed by atoms with van der Waals surface area (Å²) in [4.78, 5) is 17.4. The smallest absolute Gasteiger partial charge is 0.279 e. The molecule has 0 N–H and O–H groups in total. The molecule has 3 rings (SSSR count). The molecule has 0 saturated heterocycles. The van der Waals surface area contributed by atoms with Gasteiger partial charge in [0.1, 0.15) is 5.75 Å². The summed E-state index contributed by atoms with van der Waals surface area (Å²) < 4.78 is 8.53. The van der Waals surface area contributed by atoms with E-state index in [0.717, 1.165) is 16.0 Å². The van der Waals surface area contributed by atoms with Gasteiger partial charge in [-0.3, -0.25) is 4.79 Å². The SMILES string of the molecule is C=CCn1c(=NC(=O)c2ccc(Cl)cc2)sc2cc(OCC)ccc21. The van der Waals surface area contributed by atoms with Crippen LogP contribution in [0.15, 0.2) is 60.1 Å². The van der Waals surface area contributed by atoms with Crippen LogP contribution in [-0.2, 0) is 6.54 Å². The fourth-order valence-electron chi connectivity index (χ4n) is 2.44. The molecule has 0 radical (unpaired) electrons. The molecule has 6 heteroatoms. The van der Waals surface area contributed by atoms with Gasteiger partial charge in [0.15, 0.2) is 4.80 Å². The Bertz CT molecular complexity index is 987. The van der Waals surface area contributed by atoms with Gasteiger partial charge in [0, 0.05) is 17.1 Å². The lowest BCUT2D eigenvalue weighted by Crippen LogP contribution is -2.16. The molecule has 0 unspecified atom stereocenters. The predicted octanol–water partition coefficient (Wildman–Crippen LogP) is 4.68. The summed E-state index contributed by atoms with van der Waals surface area (Å²) >= 11 is 7.32. The third-order valence-electron chi connectivity index (χ3n) is 3.57. The first-order valence-corrected chi connectivity index (χ1v) is 9.03. The van der Waals surface area contributed by atoms with Crippen LogP contribution in [0.4, 0.5) is 0 Å². The lowest BCUT2D eigenvalue weighted by Gasteiger charge is -2.04. The molecule has 128 valence electrons. The van der Waals surface area contributed by atoms with Crippen molar-refractivity contribution in [1.29, 1.82) is 0 Å². The van der Waals surface area contributed by atoms with Gasteiger partial charge in [-0.15, -0.1) is 6.58 Å². The highest BCUT2D eigenvalue weighted by atomic mass is 35.5. The number of aromatic nitrogens is 1. The summed E-state index contributed by atoms with van der Waals surface area (Å²) in [5.41, 5.74) is 1.50. The van der Waals surface area contributed by atoms with E-state index in [1.54, 1.807) is 30.3 Å². The molecule has 1 aromatic heterocycles. The lowest BCUT2D eigenvalue weighted by atomic mass is 10.2.